The van der Waals surface area contributed by atoms with Crippen molar-refractivity contribution < 1.29 is 49.8 Å². The minimum atomic E-state index is -1.33. The standard InChI is InChI=1S/C20H24N2S2.C16H12O6.C4H4O4/c1-21-9-11-22(12-10-21)18-13-15-5-3-4-6-19(15)24-20-8-7-16(23-2)14-17(18)20;17-10-2-1-8-13-9-4-12(19)11(18)3-7(9)5-16(13,21)6-22-15(8)14(10)20;5-3(6)1-2-4(7)8/h3-8,14,18H,9-13H2,1-2H3;1-4,18-21H,5-6H2;1-2H,(H,5,6)(H,7,8). The number of aliphatic hydroxyl groups excluding tert-OH is 1. The van der Waals surface area contributed by atoms with Crippen LogP contribution in [-0.4, -0.2) is 110 Å². The van der Waals surface area contributed by atoms with Crippen LogP contribution in [0.1, 0.15) is 28.3 Å². The topological polar surface area (TPSA) is 188 Å². The Morgan fingerprint density at radius 2 is 1.59 bits per heavy atom. The van der Waals surface area contributed by atoms with Crippen LogP contribution in [-0.2, 0) is 32.0 Å². The number of aliphatic carboxylic acids is 2. The lowest BCUT2D eigenvalue weighted by Gasteiger charge is -2.38. The Labute approximate surface area is 320 Å². The number of carbonyl (C=O) groups is 3. The summed E-state index contributed by atoms with van der Waals surface area (Å²) in [6.45, 7) is 4.54. The summed E-state index contributed by atoms with van der Waals surface area (Å²) in [4.78, 5) is 40.0. The highest BCUT2D eigenvalue weighted by Gasteiger charge is 2.48. The number of piperazine rings is 1. The van der Waals surface area contributed by atoms with Gasteiger partial charge in [0.2, 0.25) is 11.5 Å². The van der Waals surface area contributed by atoms with E-state index in [1.165, 1.54) is 63.2 Å². The summed E-state index contributed by atoms with van der Waals surface area (Å²) in [6, 6.07) is 19.2. The molecule has 2 atom stereocenters. The van der Waals surface area contributed by atoms with Gasteiger partial charge >= 0.3 is 11.9 Å². The number of phenols is 2. The zero-order valence-corrected chi connectivity index (χ0v) is 31.2. The molecule has 282 valence electrons. The van der Waals surface area contributed by atoms with Gasteiger partial charge in [-0.25, -0.2) is 9.59 Å². The zero-order chi connectivity index (χ0) is 38.7. The maximum absolute atomic E-state index is 11.5. The maximum Gasteiger partial charge on any atom is 0.328 e. The van der Waals surface area contributed by atoms with E-state index in [1.807, 2.05) is 23.5 Å². The van der Waals surface area contributed by atoms with E-state index in [0.717, 1.165) is 19.5 Å². The largest absolute Gasteiger partial charge is 0.504 e. The van der Waals surface area contributed by atoms with Crippen LogP contribution in [0.3, 0.4) is 0 Å². The molecule has 0 amide bonds. The lowest BCUT2D eigenvalue weighted by molar-refractivity contribution is -0.134. The first kappa shape index (κ1) is 38.7. The van der Waals surface area contributed by atoms with Crippen LogP contribution in [0.2, 0.25) is 0 Å². The van der Waals surface area contributed by atoms with Crippen molar-refractivity contribution in [1.29, 1.82) is 0 Å². The predicted octanol–water partition coefficient (Wildman–Crippen LogP) is 5.19. The third kappa shape index (κ3) is 8.22. The van der Waals surface area contributed by atoms with Crippen LogP contribution in [0.25, 0.3) is 5.57 Å². The number of thioether (sulfide) groups is 1. The van der Waals surface area contributed by atoms with Gasteiger partial charge in [0, 0.05) is 76.6 Å². The molecule has 8 rings (SSSR count). The molecule has 14 heteroatoms. The summed E-state index contributed by atoms with van der Waals surface area (Å²) >= 11 is 3.79. The molecule has 0 radical (unpaired) electrons. The number of fused-ring (bicyclic) bond motifs is 6. The number of nitrogens with zero attached hydrogens (tertiary/aromatic N) is 2. The molecular weight excluding hydrogens is 733 g/mol. The van der Waals surface area contributed by atoms with Crippen LogP contribution in [0, 0.1) is 0 Å². The Morgan fingerprint density at radius 3 is 2.28 bits per heavy atom. The summed E-state index contributed by atoms with van der Waals surface area (Å²) in [6.07, 6.45) is 7.31. The second-order valence-electron chi connectivity index (χ2n) is 13.3. The number of aliphatic hydroxyl groups is 2. The van der Waals surface area contributed by atoms with Crippen LogP contribution in [0.4, 0.5) is 0 Å². The third-order valence-electron chi connectivity index (χ3n) is 9.77. The van der Waals surface area contributed by atoms with E-state index in [2.05, 4.69) is 65.6 Å². The minimum absolute atomic E-state index is 0.0348. The number of aromatic hydroxyl groups is 2. The lowest BCUT2D eigenvalue weighted by Crippen LogP contribution is -2.46. The molecule has 6 N–H and O–H groups in total. The number of carboxylic acids is 2. The molecule has 1 fully saturated rings. The molecule has 2 unspecified atom stereocenters. The van der Waals surface area contributed by atoms with Crippen molar-refractivity contribution in [3.63, 3.8) is 0 Å². The Hall–Kier alpha value is -4.99. The monoisotopic (exact) mass is 772 g/mol. The van der Waals surface area contributed by atoms with Gasteiger partial charge in [-0.05, 0) is 90.5 Å². The highest BCUT2D eigenvalue weighted by atomic mass is 32.2. The Kier molecular flexibility index (Phi) is 11.6. The number of ether oxygens (including phenoxy) is 1. The maximum atomic E-state index is 11.5. The molecule has 0 saturated carbocycles. The summed E-state index contributed by atoms with van der Waals surface area (Å²) in [5.41, 5.74) is 3.81. The lowest BCUT2D eigenvalue weighted by atomic mass is 9.85. The predicted molar refractivity (Wildman–Crippen MR) is 204 cm³/mol. The number of hydrogen-bond donors (Lipinski definition) is 6. The average molecular weight is 773 g/mol. The second-order valence-corrected chi connectivity index (χ2v) is 15.3. The number of carbonyl (C=O) groups excluding carboxylic acids is 1. The molecular formula is C40H40N2O10S2. The van der Waals surface area contributed by atoms with E-state index in [1.54, 1.807) is 0 Å². The molecule has 0 bridgehead atoms. The number of phenolic OH excluding ortho intramolecular Hbond substituents is 2. The summed E-state index contributed by atoms with van der Waals surface area (Å²) in [7, 11) is 2.23. The van der Waals surface area contributed by atoms with E-state index in [4.69, 9.17) is 14.9 Å². The van der Waals surface area contributed by atoms with Crippen molar-refractivity contribution in [2.75, 3.05) is 46.1 Å². The van der Waals surface area contributed by atoms with Gasteiger partial charge in [-0.15, -0.1) is 11.8 Å². The summed E-state index contributed by atoms with van der Waals surface area (Å²) < 4.78 is 5.40. The Morgan fingerprint density at radius 1 is 0.907 bits per heavy atom. The minimum Gasteiger partial charge on any atom is -0.504 e. The van der Waals surface area contributed by atoms with Gasteiger partial charge in [-0.1, -0.05) is 30.0 Å². The molecule has 0 aromatic heterocycles. The molecule has 0 spiro atoms. The average Bonchev–Trinajstić information content (AvgIpc) is 3.33. The van der Waals surface area contributed by atoms with Crippen LogP contribution in [0.5, 0.6) is 11.5 Å². The number of benzene rings is 3. The van der Waals surface area contributed by atoms with E-state index in [0.29, 0.717) is 40.5 Å². The fraction of sp³-hybridized carbons (Fsp3) is 0.275. The molecule has 3 heterocycles. The van der Waals surface area contributed by atoms with Crippen molar-refractivity contribution in [3.8, 4) is 11.5 Å². The van der Waals surface area contributed by atoms with Crippen molar-refractivity contribution >= 4 is 46.8 Å². The fourth-order valence-corrected chi connectivity index (χ4v) is 8.64. The number of allylic oxidation sites excluding steroid dienone is 2. The van der Waals surface area contributed by atoms with Gasteiger partial charge in [0.25, 0.3) is 0 Å². The van der Waals surface area contributed by atoms with E-state index in [9.17, 15) is 34.8 Å². The SMILES string of the molecule is CSc1ccc2c(c1)C(N1CCN(C)CC1)Cc1ccccc1S2.O=C(O)C=CC(=O)O.O=C1C=CC2=C3c4cc(O)c(O)cc4CC3(O)COC2=C1O. The van der Waals surface area contributed by atoms with E-state index >= 15 is 0 Å². The normalized spacial score (nSPS) is 21.6. The van der Waals surface area contributed by atoms with Crippen molar-refractivity contribution in [2.45, 2.75) is 39.2 Å². The zero-order valence-electron chi connectivity index (χ0n) is 29.6. The van der Waals surface area contributed by atoms with Gasteiger partial charge in [-0.2, -0.15) is 0 Å². The number of likely N-dealkylation sites (N-methyl/N-ethyl adjacent to an activating group) is 1. The number of rotatable bonds is 4. The molecule has 2 aliphatic carbocycles. The summed E-state index contributed by atoms with van der Waals surface area (Å²) in [5, 5.41) is 55.7. The van der Waals surface area contributed by atoms with Gasteiger partial charge < -0.3 is 40.3 Å². The quantitative estimate of drug-likeness (QED) is 0.115. The molecule has 54 heavy (non-hydrogen) atoms. The fourth-order valence-electron chi connectivity index (χ4n) is 7.08. The summed E-state index contributed by atoms with van der Waals surface area (Å²) in [5.74, 6) is -4.10. The second kappa shape index (κ2) is 16.2. The first-order valence-electron chi connectivity index (χ1n) is 17.1. The van der Waals surface area contributed by atoms with Crippen molar-refractivity contribution in [1.82, 2.24) is 9.80 Å². The van der Waals surface area contributed by atoms with Crippen LogP contribution in [0.15, 0.2) is 111 Å². The Balaban J connectivity index is 0.000000155. The van der Waals surface area contributed by atoms with E-state index < -0.39 is 29.1 Å². The van der Waals surface area contributed by atoms with Gasteiger partial charge in [-0.3, -0.25) is 9.69 Å². The van der Waals surface area contributed by atoms with E-state index in [-0.39, 0.29) is 30.3 Å². The molecule has 3 aromatic rings. The van der Waals surface area contributed by atoms with Gasteiger partial charge in [0.05, 0.1) is 0 Å². The molecule has 3 aliphatic heterocycles. The smallest absolute Gasteiger partial charge is 0.328 e. The highest BCUT2D eigenvalue weighted by molar-refractivity contribution is 7.99. The molecule has 5 aliphatic rings. The first-order valence-corrected chi connectivity index (χ1v) is 19.1. The Bertz CT molecular complexity index is 2100. The number of hydrogen-bond acceptors (Lipinski definition) is 12. The van der Waals surface area contributed by atoms with Gasteiger partial charge in [0.1, 0.15) is 12.2 Å². The van der Waals surface area contributed by atoms with Crippen molar-refractivity contribution in [3.05, 3.63) is 118 Å². The number of ketones is 1. The molecule has 12 nitrogen and oxygen atoms in total. The van der Waals surface area contributed by atoms with Crippen LogP contribution < -0.4 is 0 Å². The number of carboxylic acid groups (broad SMARTS) is 2. The van der Waals surface area contributed by atoms with Crippen LogP contribution >= 0.6 is 23.5 Å². The molecule has 1 saturated heterocycles. The highest BCUT2D eigenvalue weighted by Crippen LogP contribution is 2.51. The van der Waals surface area contributed by atoms with Gasteiger partial charge in [0.15, 0.2) is 17.3 Å². The first-order chi connectivity index (χ1) is 25.8. The third-order valence-corrected chi connectivity index (χ3v) is 11.7. The van der Waals surface area contributed by atoms with Crippen molar-refractivity contribution in [2.24, 2.45) is 0 Å². The molecule has 3 aromatic carbocycles.